The highest BCUT2D eigenvalue weighted by Crippen LogP contribution is 2.52. The lowest BCUT2D eigenvalue weighted by Gasteiger charge is -2.04. The van der Waals surface area contributed by atoms with E-state index in [0.29, 0.717) is 17.6 Å². The molecule has 0 N–H and O–H groups in total. The Bertz CT molecular complexity index is 183. The fourth-order valence-corrected chi connectivity index (χ4v) is 2.05. The van der Waals surface area contributed by atoms with E-state index in [4.69, 9.17) is 0 Å². The molecule has 2 saturated carbocycles. The van der Waals surface area contributed by atoms with Gasteiger partial charge in [-0.3, -0.25) is 4.79 Å². The van der Waals surface area contributed by atoms with Crippen LogP contribution in [-0.4, -0.2) is 5.78 Å². The number of fused-ring (bicyclic) bond motifs is 1. The lowest BCUT2D eigenvalue weighted by atomic mass is 9.99. The molecule has 0 spiro atoms. The van der Waals surface area contributed by atoms with Crippen LogP contribution in [0.1, 0.15) is 19.3 Å². The SMILES string of the molecule is C=CCC1C[C@H]2C[C@H]2C1=O. The molecular weight excluding hydrogens is 124 g/mol. The van der Waals surface area contributed by atoms with Gasteiger partial charge in [0.2, 0.25) is 0 Å². The van der Waals surface area contributed by atoms with Gasteiger partial charge in [0.05, 0.1) is 0 Å². The Morgan fingerprint density at radius 2 is 2.40 bits per heavy atom. The molecule has 0 radical (unpaired) electrons. The summed E-state index contributed by atoms with van der Waals surface area (Å²) >= 11 is 0. The molecule has 10 heavy (non-hydrogen) atoms. The standard InChI is InChI=1S/C9H12O/c1-2-3-6-4-7-5-8(7)9(6)10/h2,6-8H,1,3-5H2/t6?,7-,8+/m0/s1. The molecule has 0 aromatic heterocycles. The number of allylic oxidation sites excluding steroid dienone is 1. The van der Waals surface area contributed by atoms with Crippen LogP contribution in [0.15, 0.2) is 12.7 Å². The predicted octanol–water partition coefficient (Wildman–Crippen LogP) is 1.79. The molecule has 0 heterocycles. The number of hydrogen-bond donors (Lipinski definition) is 0. The molecule has 2 fully saturated rings. The van der Waals surface area contributed by atoms with Crippen molar-refractivity contribution in [1.82, 2.24) is 0 Å². The lowest BCUT2D eigenvalue weighted by Crippen LogP contribution is -2.09. The quantitative estimate of drug-likeness (QED) is 0.529. The molecule has 0 saturated heterocycles. The van der Waals surface area contributed by atoms with Crippen LogP contribution in [-0.2, 0) is 4.79 Å². The van der Waals surface area contributed by atoms with Crippen molar-refractivity contribution in [3.63, 3.8) is 0 Å². The third-order valence-electron chi connectivity index (χ3n) is 2.73. The van der Waals surface area contributed by atoms with Crippen molar-refractivity contribution in [2.75, 3.05) is 0 Å². The maximum absolute atomic E-state index is 11.3. The van der Waals surface area contributed by atoms with Gasteiger partial charge in [0.25, 0.3) is 0 Å². The summed E-state index contributed by atoms with van der Waals surface area (Å²) < 4.78 is 0. The molecule has 1 nitrogen and oxygen atoms in total. The first kappa shape index (κ1) is 6.14. The highest BCUT2D eigenvalue weighted by molar-refractivity contribution is 5.88. The zero-order chi connectivity index (χ0) is 7.14. The van der Waals surface area contributed by atoms with E-state index in [1.807, 2.05) is 6.08 Å². The Labute approximate surface area is 61.1 Å². The highest BCUT2D eigenvalue weighted by atomic mass is 16.1. The van der Waals surface area contributed by atoms with Crippen molar-refractivity contribution < 1.29 is 4.79 Å². The molecule has 0 aromatic carbocycles. The predicted molar refractivity (Wildman–Crippen MR) is 39.5 cm³/mol. The zero-order valence-corrected chi connectivity index (χ0v) is 6.05. The summed E-state index contributed by atoms with van der Waals surface area (Å²) in [6.07, 6.45) is 5.11. The Hall–Kier alpha value is -0.590. The van der Waals surface area contributed by atoms with Crippen LogP contribution in [0.2, 0.25) is 0 Å². The minimum atomic E-state index is 0.348. The third-order valence-corrected chi connectivity index (χ3v) is 2.73. The molecule has 1 unspecified atom stereocenters. The van der Waals surface area contributed by atoms with Gasteiger partial charge in [-0.25, -0.2) is 0 Å². The minimum Gasteiger partial charge on any atom is -0.299 e. The smallest absolute Gasteiger partial charge is 0.139 e. The molecule has 2 aliphatic carbocycles. The van der Waals surface area contributed by atoms with E-state index >= 15 is 0 Å². The van der Waals surface area contributed by atoms with E-state index in [1.54, 1.807) is 0 Å². The van der Waals surface area contributed by atoms with Gasteiger partial charge in [-0.1, -0.05) is 6.08 Å². The fourth-order valence-electron chi connectivity index (χ4n) is 2.05. The van der Waals surface area contributed by atoms with Gasteiger partial charge in [0.15, 0.2) is 0 Å². The van der Waals surface area contributed by atoms with Crippen LogP contribution in [0.3, 0.4) is 0 Å². The normalized spacial score (nSPS) is 43.2. The average molecular weight is 136 g/mol. The van der Waals surface area contributed by atoms with E-state index in [1.165, 1.54) is 6.42 Å². The monoisotopic (exact) mass is 136 g/mol. The second kappa shape index (κ2) is 1.94. The van der Waals surface area contributed by atoms with E-state index in [2.05, 4.69) is 6.58 Å². The second-order valence-corrected chi connectivity index (χ2v) is 3.46. The molecular formula is C9H12O. The molecule has 0 aliphatic heterocycles. The largest absolute Gasteiger partial charge is 0.299 e. The van der Waals surface area contributed by atoms with Crippen molar-refractivity contribution in [2.45, 2.75) is 19.3 Å². The molecule has 0 amide bonds. The van der Waals surface area contributed by atoms with Crippen LogP contribution >= 0.6 is 0 Å². The average Bonchev–Trinajstić information content (AvgIpc) is 2.60. The van der Waals surface area contributed by atoms with Crippen LogP contribution in [0, 0.1) is 17.8 Å². The summed E-state index contributed by atoms with van der Waals surface area (Å²) in [5.74, 6) is 2.12. The van der Waals surface area contributed by atoms with Crippen molar-refractivity contribution in [1.29, 1.82) is 0 Å². The maximum atomic E-state index is 11.3. The molecule has 0 aromatic rings. The minimum absolute atomic E-state index is 0.348. The molecule has 0 bridgehead atoms. The summed E-state index contributed by atoms with van der Waals surface area (Å²) in [7, 11) is 0. The first-order valence-electron chi connectivity index (χ1n) is 3.97. The summed E-state index contributed by atoms with van der Waals surface area (Å²) in [6.45, 7) is 3.65. The number of carbonyl (C=O) groups is 1. The van der Waals surface area contributed by atoms with Crippen LogP contribution in [0.5, 0.6) is 0 Å². The van der Waals surface area contributed by atoms with Crippen molar-refractivity contribution in [3.05, 3.63) is 12.7 Å². The van der Waals surface area contributed by atoms with Crippen molar-refractivity contribution >= 4 is 5.78 Å². The fraction of sp³-hybridized carbons (Fsp3) is 0.667. The van der Waals surface area contributed by atoms with Crippen LogP contribution < -0.4 is 0 Å². The molecule has 3 atom stereocenters. The van der Waals surface area contributed by atoms with E-state index in [0.717, 1.165) is 18.8 Å². The second-order valence-electron chi connectivity index (χ2n) is 3.46. The van der Waals surface area contributed by atoms with Gasteiger partial charge in [0.1, 0.15) is 5.78 Å². The van der Waals surface area contributed by atoms with Crippen molar-refractivity contribution in [3.8, 4) is 0 Å². The number of carbonyl (C=O) groups excluding carboxylic acids is 1. The molecule has 54 valence electrons. The first-order valence-corrected chi connectivity index (χ1v) is 3.97. The molecule has 2 aliphatic rings. The van der Waals surface area contributed by atoms with Crippen LogP contribution in [0.4, 0.5) is 0 Å². The van der Waals surface area contributed by atoms with Crippen molar-refractivity contribution in [2.24, 2.45) is 17.8 Å². The van der Waals surface area contributed by atoms with Gasteiger partial charge in [-0.15, -0.1) is 6.58 Å². The van der Waals surface area contributed by atoms with Gasteiger partial charge < -0.3 is 0 Å². The Balaban J connectivity index is 2.00. The van der Waals surface area contributed by atoms with E-state index < -0.39 is 0 Å². The zero-order valence-electron chi connectivity index (χ0n) is 6.05. The number of ketones is 1. The number of hydrogen-bond acceptors (Lipinski definition) is 1. The van der Waals surface area contributed by atoms with Gasteiger partial charge in [-0.05, 0) is 25.2 Å². The highest BCUT2D eigenvalue weighted by Gasteiger charge is 2.52. The summed E-state index contributed by atoms with van der Waals surface area (Å²) in [5.41, 5.74) is 0. The third kappa shape index (κ3) is 0.731. The maximum Gasteiger partial charge on any atom is 0.139 e. The molecule has 1 heteroatoms. The lowest BCUT2D eigenvalue weighted by molar-refractivity contribution is -0.122. The van der Waals surface area contributed by atoms with Crippen LogP contribution in [0.25, 0.3) is 0 Å². The van der Waals surface area contributed by atoms with E-state index in [-0.39, 0.29) is 0 Å². The van der Waals surface area contributed by atoms with Gasteiger partial charge >= 0.3 is 0 Å². The van der Waals surface area contributed by atoms with Gasteiger partial charge in [0, 0.05) is 11.8 Å². The van der Waals surface area contributed by atoms with E-state index in [9.17, 15) is 4.79 Å². The summed E-state index contributed by atoms with van der Waals surface area (Å²) in [5, 5.41) is 0. The number of rotatable bonds is 2. The first-order chi connectivity index (χ1) is 4.83. The Morgan fingerprint density at radius 3 is 2.90 bits per heavy atom. The number of Topliss-reactive ketones (excluding diaryl/α,β-unsaturated/α-hetero) is 1. The summed E-state index contributed by atoms with van der Waals surface area (Å²) in [4.78, 5) is 11.3. The topological polar surface area (TPSA) is 17.1 Å². The Morgan fingerprint density at radius 1 is 1.60 bits per heavy atom. The Kier molecular flexibility index (Phi) is 1.19. The molecule has 2 rings (SSSR count). The summed E-state index contributed by atoms with van der Waals surface area (Å²) in [6, 6.07) is 0. The van der Waals surface area contributed by atoms with Gasteiger partial charge in [-0.2, -0.15) is 0 Å².